The average molecular weight is 334 g/mol. The largest absolute Gasteiger partial charge is 0.340 e. The minimum Gasteiger partial charge on any atom is -0.340 e. The number of fused-ring (bicyclic) bond motifs is 1. The number of aryl methyl sites for hydroxylation is 1. The van der Waals surface area contributed by atoms with Crippen molar-refractivity contribution in [3.8, 4) is 0 Å². The molecule has 94 valence electrons. The minimum absolute atomic E-state index is 0.153. The van der Waals surface area contributed by atoms with Crippen molar-refractivity contribution < 1.29 is 4.79 Å². The number of carbonyl (C=O) groups excluding carboxylic acids is 1. The van der Waals surface area contributed by atoms with E-state index in [9.17, 15) is 4.79 Å². The first-order valence-electron chi connectivity index (χ1n) is 5.67. The number of hydrogen-bond donors (Lipinski definition) is 0. The summed E-state index contributed by atoms with van der Waals surface area (Å²) in [4.78, 5) is 16.6. The number of halogens is 1. The van der Waals surface area contributed by atoms with E-state index in [1.54, 1.807) is 16.2 Å². The van der Waals surface area contributed by atoms with E-state index in [4.69, 9.17) is 0 Å². The van der Waals surface area contributed by atoms with Gasteiger partial charge < -0.3 is 4.90 Å². The fraction of sp³-hybridized carbons (Fsp3) is 0.583. The number of rotatable bonds is 3. The first kappa shape index (κ1) is 13.4. The molecule has 0 spiro atoms. The summed E-state index contributed by atoms with van der Waals surface area (Å²) in [5.74, 6) is 2.41. The van der Waals surface area contributed by atoms with Crippen LogP contribution in [-0.4, -0.2) is 35.0 Å². The van der Waals surface area contributed by atoms with Crippen LogP contribution >= 0.6 is 39.0 Å². The lowest BCUT2D eigenvalue weighted by Crippen LogP contribution is -2.30. The van der Waals surface area contributed by atoms with Gasteiger partial charge in [-0.3, -0.25) is 4.79 Å². The van der Waals surface area contributed by atoms with E-state index in [1.165, 1.54) is 16.2 Å². The molecule has 2 nitrogen and oxygen atoms in total. The minimum atomic E-state index is 0.153. The van der Waals surface area contributed by atoms with Gasteiger partial charge in [0, 0.05) is 29.0 Å². The second-order valence-electron chi connectivity index (χ2n) is 4.33. The Bertz CT molecular complexity index is 393. The van der Waals surface area contributed by atoms with Crippen LogP contribution in [-0.2, 0) is 12.2 Å². The van der Waals surface area contributed by atoms with Crippen LogP contribution in [0.5, 0.6) is 0 Å². The number of nitrogens with zero attached hydrogens (tertiary/aromatic N) is 1. The summed E-state index contributed by atoms with van der Waals surface area (Å²) in [6.45, 7) is 2.80. The van der Waals surface area contributed by atoms with Gasteiger partial charge in [-0.15, -0.1) is 11.3 Å². The maximum absolute atomic E-state index is 12.2. The Hall–Kier alpha value is -0.000000000000000111. The third-order valence-corrected chi connectivity index (χ3v) is 5.23. The molecule has 0 bridgehead atoms. The average Bonchev–Trinajstić information content (AvgIpc) is 2.70. The van der Waals surface area contributed by atoms with E-state index in [2.05, 4.69) is 28.9 Å². The predicted molar refractivity (Wildman–Crippen MR) is 79.5 cm³/mol. The maximum atomic E-state index is 12.2. The van der Waals surface area contributed by atoms with Crippen LogP contribution in [0.15, 0.2) is 6.07 Å². The second kappa shape index (κ2) is 5.76. The van der Waals surface area contributed by atoms with Gasteiger partial charge in [0.1, 0.15) is 0 Å². The molecular weight excluding hydrogens is 318 g/mol. The van der Waals surface area contributed by atoms with E-state index in [1.807, 2.05) is 18.8 Å². The highest BCUT2D eigenvalue weighted by Crippen LogP contribution is 2.32. The molecule has 1 atom stereocenters. The SMILES string of the molecule is CC(Br)CN(C)C(=O)c1cc2c(s1)CCSC2. The van der Waals surface area contributed by atoms with Gasteiger partial charge >= 0.3 is 0 Å². The van der Waals surface area contributed by atoms with Crippen molar-refractivity contribution in [2.75, 3.05) is 19.3 Å². The number of hydrogen-bond acceptors (Lipinski definition) is 3. The molecule has 1 aliphatic heterocycles. The smallest absolute Gasteiger partial charge is 0.263 e. The molecule has 0 radical (unpaired) electrons. The molecule has 2 heterocycles. The molecule has 17 heavy (non-hydrogen) atoms. The number of carbonyl (C=O) groups is 1. The number of thioether (sulfide) groups is 1. The zero-order valence-electron chi connectivity index (χ0n) is 10.0. The van der Waals surface area contributed by atoms with Gasteiger partial charge in [-0.05, 0) is 23.8 Å². The molecule has 0 aliphatic carbocycles. The first-order valence-corrected chi connectivity index (χ1v) is 8.55. The third kappa shape index (κ3) is 3.26. The van der Waals surface area contributed by atoms with Gasteiger partial charge in [-0.1, -0.05) is 22.9 Å². The van der Waals surface area contributed by atoms with E-state index in [0.29, 0.717) is 4.83 Å². The lowest BCUT2D eigenvalue weighted by molar-refractivity contribution is 0.0802. The van der Waals surface area contributed by atoms with Crippen LogP contribution in [0, 0.1) is 0 Å². The summed E-state index contributed by atoms with van der Waals surface area (Å²) < 4.78 is 0. The van der Waals surface area contributed by atoms with Crippen LogP contribution < -0.4 is 0 Å². The predicted octanol–water partition coefficient (Wildman–Crippen LogP) is 3.39. The lowest BCUT2D eigenvalue weighted by Gasteiger charge is -2.17. The second-order valence-corrected chi connectivity index (χ2v) is 8.13. The van der Waals surface area contributed by atoms with Gasteiger partial charge in [0.2, 0.25) is 0 Å². The third-order valence-electron chi connectivity index (χ3n) is 2.71. The van der Waals surface area contributed by atoms with E-state index in [0.717, 1.165) is 23.6 Å². The quantitative estimate of drug-likeness (QED) is 0.790. The Labute approximate surface area is 119 Å². The molecule has 1 aromatic rings. The van der Waals surface area contributed by atoms with E-state index >= 15 is 0 Å². The van der Waals surface area contributed by atoms with Crippen LogP contribution in [0.4, 0.5) is 0 Å². The first-order chi connectivity index (χ1) is 8.08. The Morgan fingerprint density at radius 2 is 2.41 bits per heavy atom. The zero-order valence-corrected chi connectivity index (χ0v) is 13.3. The van der Waals surface area contributed by atoms with Crippen molar-refractivity contribution in [1.82, 2.24) is 4.90 Å². The van der Waals surface area contributed by atoms with Crippen LogP contribution in [0.1, 0.15) is 27.0 Å². The van der Waals surface area contributed by atoms with Crippen LogP contribution in [0.25, 0.3) is 0 Å². The summed E-state index contributed by atoms with van der Waals surface area (Å²) >= 11 is 7.11. The molecule has 1 amide bonds. The Balaban J connectivity index is 2.11. The highest BCUT2D eigenvalue weighted by Gasteiger charge is 2.20. The summed E-state index contributed by atoms with van der Waals surface area (Å²) in [7, 11) is 1.87. The number of amides is 1. The van der Waals surface area contributed by atoms with Crippen molar-refractivity contribution in [2.45, 2.75) is 23.9 Å². The lowest BCUT2D eigenvalue weighted by atomic mass is 10.2. The van der Waals surface area contributed by atoms with Crippen molar-refractivity contribution in [3.63, 3.8) is 0 Å². The maximum Gasteiger partial charge on any atom is 0.263 e. The Kier molecular flexibility index (Phi) is 4.55. The highest BCUT2D eigenvalue weighted by atomic mass is 79.9. The topological polar surface area (TPSA) is 20.3 Å². The number of alkyl halides is 1. The van der Waals surface area contributed by atoms with Gasteiger partial charge in [0.05, 0.1) is 4.88 Å². The highest BCUT2D eigenvalue weighted by molar-refractivity contribution is 9.09. The summed E-state index contributed by atoms with van der Waals surface area (Å²) in [6.07, 6.45) is 1.12. The van der Waals surface area contributed by atoms with Crippen molar-refractivity contribution in [1.29, 1.82) is 0 Å². The molecule has 1 unspecified atom stereocenters. The molecule has 0 fully saturated rings. The monoisotopic (exact) mass is 333 g/mol. The van der Waals surface area contributed by atoms with Gasteiger partial charge in [-0.25, -0.2) is 0 Å². The Morgan fingerprint density at radius 3 is 3.06 bits per heavy atom. The molecular formula is C12H16BrNOS2. The van der Waals surface area contributed by atoms with Gasteiger partial charge in [0.15, 0.2) is 0 Å². The van der Waals surface area contributed by atoms with Crippen molar-refractivity contribution in [2.24, 2.45) is 0 Å². The molecule has 5 heteroatoms. The fourth-order valence-electron chi connectivity index (χ4n) is 1.90. The van der Waals surface area contributed by atoms with Crippen LogP contribution in [0.2, 0.25) is 0 Å². The fourth-order valence-corrected chi connectivity index (χ4v) is 4.70. The standard InChI is InChI=1S/C12H16BrNOS2/c1-8(13)6-14(2)12(15)11-5-9-7-16-4-3-10(9)17-11/h5,8H,3-4,6-7H2,1-2H3. The molecule has 0 saturated heterocycles. The normalized spacial score (nSPS) is 16.4. The van der Waals surface area contributed by atoms with Gasteiger partial charge in [-0.2, -0.15) is 11.8 Å². The van der Waals surface area contributed by atoms with E-state index < -0.39 is 0 Å². The van der Waals surface area contributed by atoms with Crippen LogP contribution in [0.3, 0.4) is 0 Å². The summed E-state index contributed by atoms with van der Waals surface area (Å²) in [5, 5.41) is 0. The van der Waals surface area contributed by atoms with Gasteiger partial charge in [0.25, 0.3) is 5.91 Å². The molecule has 0 aromatic carbocycles. The van der Waals surface area contributed by atoms with Crippen molar-refractivity contribution >= 4 is 44.9 Å². The summed E-state index contributed by atoms with van der Waals surface area (Å²) in [5.41, 5.74) is 1.37. The molecule has 1 aliphatic rings. The number of thiophene rings is 1. The molecule has 2 rings (SSSR count). The molecule has 1 aromatic heterocycles. The Morgan fingerprint density at radius 1 is 1.65 bits per heavy atom. The summed E-state index contributed by atoms with van der Waals surface area (Å²) in [6, 6.07) is 2.09. The zero-order chi connectivity index (χ0) is 12.4. The molecule has 0 saturated carbocycles. The van der Waals surface area contributed by atoms with E-state index in [-0.39, 0.29) is 5.91 Å². The molecule has 0 N–H and O–H groups in total. The van der Waals surface area contributed by atoms with Crippen molar-refractivity contribution in [3.05, 3.63) is 21.4 Å².